The Labute approximate surface area is 107 Å². The molecule has 0 aliphatic rings. The van der Waals surface area contributed by atoms with Crippen LogP contribution in [0.2, 0.25) is 5.02 Å². The maximum atomic E-state index is 6.04. The van der Waals surface area contributed by atoms with Gasteiger partial charge in [-0.2, -0.15) is 0 Å². The second-order valence-electron chi connectivity index (χ2n) is 4.90. The molecule has 2 N–H and O–H groups in total. The summed E-state index contributed by atoms with van der Waals surface area (Å²) in [6.45, 7) is 7.78. The van der Waals surface area contributed by atoms with E-state index in [2.05, 4.69) is 25.3 Å². The van der Waals surface area contributed by atoms with Crippen molar-refractivity contribution >= 4 is 22.6 Å². The number of hydrogen-bond acceptors (Lipinski definition) is 2. The average Bonchev–Trinajstić information content (AvgIpc) is 2.67. The van der Waals surface area contributed by atoms with Gasteiger partial charge in [0.15, 0.2) is 0 Å². The van der Waals surface area contributed by atoms with Gasteiger partial charge in [0.2, 0.25) is 0 Å². The van der Waals surface area contributed by atoms with Crippen LogP contribution >= 0.6 is 11.6 Å². The van der Waals surface area contributed by atoms with E-state index in [0.717, 1.165) is 28.4 Å². The van der Waals surface area contributed by atoms with E-state index in [4.69, 9.17) is 22.3 Å². The molecule has 17 heavy (non-hydrogen) atoms. The Kier molecular flexibility index (Phi) is 3.15. The molecule has 0 atom stereocenters. The van der Waals surface area contributed by atoms with E-state index in [-0.39, 0.29) is 5.41 Å². The normalized spacial score (nSPS) is 12.3. The molecule has 0 saturated carbocycles. The van der Waals surface area contributed by atoms with Crippen LogP contribution in [0.15, 0.2) is 18.2 Å². The molecule has 0 aliphatic heterocycles. The molecule has 0 saturated heterocycles. The second kappa shape index (κ2) is 4.31. The Balaban J connectivity index is 2.73. The Morgan fingerprint density at radius 3 is 2.71 bits per heavy atom. The lowest BCUT2D eigenvalue weighted by Gasteiger charge is -2.22. The monoisotopic (exact) mass is 251 g/mol. The third-order valence-electron chi connectivity index (χ3n) is 3.14. The molecule has 1 aromatic carbocycles. The Morgan fingerprint density at radius 1 is 1.41 bits per heavy atom. The highest BCUT2D eigenvalue weighted by Gasteiger charge is 2.25. The van der Waals surface area contributed by atoms with Crippen molar-refractivity contribution < 1.29 is 0 Å². The predicted molar refractivity (Wildman–Crippen MR) is 72.5 cm³/mol. The molecule has 0 amide bonds. The first-order valence-corrected chi connectivity index (χ1v) is 6.23. The lowest BCUT2D eigenvalue weighted by atomic mass is 9.92. The van der Waals surface area contributed by atoms with Crippen LogP contribution in [0.4, 0.5) is 0 Å². The van der Waals surface area contributed by atoms with Crippen LogP contribution < -0.4 is 5.73 Å². The molecule has 0 unspecified atom stereocenters. The number of nitrogens with zero attached hydrogens (tertiary/aromatic N) is 2. The van der Waals surface area contributed by atoms with Gasteiger partial charge in [-0.05, 0) is 25.1 Å². The largest absolute Gasteiger partial charge is 0.329 e. The van der Waals surface area contributed by atoms with Gasteiger partial charge >= 0.3 is 0 Å². The summed E-state index contributed by atoms with van der Waals surface area (Å²) >= 11 is 6.04. The predicted octanol–water partition coefficient (Wildman–Crippen LogP) is 2.95. The van der Waals surface area contributed by atoms with Gasteiger partial charge in [0.1, 0.15) is 5.82 Å². The number of halogens is 1. The minimum atomic E-state index is -0.124. The van der Waals surface area contributed by atoms with Crippen LogP contribution in [0.1, 0.15) is 26.6 Å². The van der Waals surface area contributed by atoms with Crippen molar-refractivity contribution in [2.24, 2.45) is 5.73 Å². The van der Waals surface area contributed by atoms with Crippen LogP contribution in [-0.4, -0.2) is 16.1 Å². The van der Waals surface area contributed by atoms with Gasteiger partial charge in [0.05, 0.1) is 11.0 Å². The molecule has 0 aliphatic carbocycles. The van der Waals surface area contributed by atoms with Gasteiger partial charge in [0.25, 0.3) is 0 Å². The highest BCUT2D eigenvalue weighted by molar-refractivity contribution is 6.31. The Hall–Kier alpha value is -1.06. The second-order valence-corrected chi connectivity index (χ2v) is 5.34. The fourth-order valence-corrected chi connectivity index (χ4v) is 2.19. The summed E-state index contributed by atoms with van der Waals surface area (Å²) in [5, 5.41) is 0.740. The van der Waals surface area contributed by atoms with Crippen molar-refractivity contribution in [1.29, 1.82) is 0 Å². The van der Waals surface area contributed by atoms with Crippen LogP contribution in [0.3, 0.4) is 0 Å². The Morgan fingerprint density at radius 2 is 2.12 bits per heavy atom. The standard InChI is InChI=1S/C13H18ClN3/c1-4-17-11-7-9(14)5-6-10(11)16-12(17)13(2,3)8-15/h5-7H,4,8,15H2,1-3H3. The molecule has 0 bridgehead atoms. The number of aryl methyl sites for hydroxylation is 1. The molecule has 3 nitrogen and oxygen atoms in total. The van der Waals surface area contributed by atoms with E-state index in [1.54, 1.807) is 0 Å². The van der Waals surface area contributed by atoms with Crippen molar-refractivity contribution in [1.82, 2.24) is 9.55 Å². The molecular formula is C13H18ClN3. The van der Waals surface area contributed by atoms with Crippen LogP contribution in [-0.2, 0) is 12.0 Å². The summed E-state index contributed by atoms with van der Waals surface area (Å²) in [5.74, 6) is 1.03. The Bertz CT molecular complexity index is 543. The molecular weight excluding hydrogens is 234 g/mol. The molecule has 92 valence electrons. The van der Waals surface area contributed by atoms with Gasteiger partial charge in [-0.3, -0.25) is 0 Å². The molecule has 0 radical (unpaired) electrons. The van der Waals surface area contributed by atoms with Gasteiger partial charge in [0, 0.05) is 23.5 Å². The highest BCUT2D eigenvalue weighted by atomic mass is 35.5. The zero-order chi connectivity index (χ0) is 12.6. The van der Waals surface area contributed by atoms with Gasteiger partial charge in [-0.15, -0.1) is 0 Å². The third-order valence-corrected chi connectivity index (χ3v) is 3.38. The van der Waals surface area contributed by atoms with Crippen LogP contribution in [0.5, 0.6) is 0 Å². The lowest BCUT2D eigenvalue weighted by molar-refractivity contribution is 0.477. The number of hydrogen-bond donors (Lipinski definition) is 1. The zero-order valence-corrected chi connectivity index (χ0v) is 11.3. The lowest BCUT2D eigenvalue weighted by Crippen LogP contribution is -2.31. The van der Waals surface area contributed by atoms with E-state index in [0.29, 0.717) is 6.54 Å². The minimum absolute atomic E-state index is 0.124. The molecule has 1 aromatic heterocycles. The first-order valence-electron chi connectivity index (χ1n) is 5.86. The molecule has 4 heteroatoms. The molecule has 0 fully saturated rings. The average molecular weight is 252 g/mol. The van der Waals surface area contributed by atoms with Crippen LogP contribution in [0.25, 0.3) is 11.0 Å². The fraction of sp³-hybridized carbons (Fsp3) is 0.462. The van der Waals surface area contributed by atoms with Crippen LogP contribution in [0, 0.1) is 0 Å². The fourth-order valence-electron chi connectivity index (χ4n) is 2.02. The number of imidazole rings is 1. The molecule has 2 aromatic rings. The SMILES string of the molecule is CCn1c(C(C)(C)CN)nc2ccc(Cl)cc21. The van der Waals surface area contributed by atoms with E-state index in [9.17, 15) is 0 Å². The summed E-state index contributed by atoms with van der Waals surface area (Å²) in [5.41, 5.74) is 7.77. The number of benzene rings is 1. The van der Waals surface area contributed by atoms with E-state index in [1.165, 1.54) is 0 Å². The highest BCUT2D eigenvalue weighted by Crippen LogP contribution is 2.27. The topological polar surface area (TPSA) is 43.8 Å². The first kappa shape index (κ1) is 12.4. The maximum Gasteiger partial charge on any atom is 0.116 e. The van der Waals surface area contributed by atoms with Gasteiger partial charge < -0.3 is 10.3 Å². The summed E-state index contributed by atoms with van der Waals surface area (Å²) in [4.78, 5) is 4.69. The molecule has 2 rings (SSSR count). The quantitative estimate of drug-likeness (QED) is 0.912. The summed E-state index contributed by atoms with van der Waals surface area (Å²) in [7, 11) is 0. The number of fused-ring (bicyclic) bond motifs is 1. The number of aromatic nitrogens is 2. The first-order chi connectivity index (χ1) is 7.99. The van der Waals surface area contributed by atoms with Gasteiger partial charge in [-0.25, -0.2) is 4.98 Å². The smallest absolute Gasteiger partial charge is 0.116 e. The van der Waals surface area contributed by atoms with E-state index in [1.807, 2.05) is 18.2 Å². The van der Waals surface area contributed by atoms with Crippen molar-refractivity contribution in [2.45, 2.75) is 32.7 Å². The third kappa shape index (κ3) is 2.05. The van der Waals surface area contributed by atoms with Crippen molar-refractivity contribution in [3.8, 4) is 0 Å². The molecule has 0 spiro atoms. The molecule has 1 heterocycles. The zero-order valence-electron chi connectivity index (χ0n) is 10.5. The number of nitrogens with two attached hydrogens (primary N) is 1. The van der Waals surface area contributed by atoms with Crippen molar-refractivity contribution in [3.05, 3.63) is 29.0 Å². The minimum Gasteiger partial charge on any atom is -0.329 e. The summed E-state index contributed by atoms with van der Waals surface area (Å²) < 4.78 is 2.19. The van der Waals surface area contributed by atoms with E-state index < -0.39 is 0 Å². The summed E-state index contributed by atoms with van der Waals surface area (Å²) in [6, 6.07) is 5.79. The van der Waals surface area contributed by atoms with Crippen molar-refractivity contribution in [3.63, 3.8) is 0 Å². The van der Waals surface area contributed by atoms with Gasteiger partial charge in [-0.1, -0.05) is 25.4 Å². The van der Waals surface area contributed by atoms with E-state index >= 15 is 0 Å². The summed E-state index contributed by atoms with van der Waals surface area (Å²) in [6.07, 6.45) is 0. The van der Waals surface area contributed by atoms with Crippen molar-refractivity contribution in [2.75, 3.05) is 6.54 Å². The maximum absolute atomic E-state index is 6.04. The number of rotatable bonds is 3.